The SMILES string of the molecule is NC(CO)C(=O)NCC(=O)NC(Cc1ccc(O)cc1)C(=O)NCC(=O)O. The molecule has 0 bridgehead atoms. The minimum atomic E-state index is -1.25. The van der Waals surface area contributed by atoms with Crippen molar-refractivity contribution in [1.29, 1.82) is 0 Å². The number of phenols is 1. The molecule has 3 amide bonds. The number of nitrogens with two attached hydrogens (primary N) is 1. The van der Waals surface area contributed by atoms with Crippen LogP contribution >= 0.6 is 0 Å². The van der Waals surface area contributed by atoms with E-state index in [0.717, 1.165) is 0 Å². The summed E-state index contributed by atoms with van der Waals surface area (Å²) in [5, 5.41) is 33.5. The molecule has 1 rings (SSSR count). The van der Waals surface area contributed by atoms with Crippen LogP contribution in [0.15, 0.2) is 24.3 Å². The maximum Gasteiger partial charge on any atom is 0.322 e. The molecule has 1 aromatic carbocycles. The molecular weight excluding hydrogens is 360 g/mol. The molecule has 0 aromatic heterocycles. The number of carbonyl (C=O) groups is 4. The maximum atomic E-state index is 12.2. The van der Waals surface area contributed by atoms with Crippen LogP contribution in [0, 0.1) is 0 Å². The fourth-order valence-corrected chi connectivity index (χ4v) is 1.99. The van der Waals surface area contributed by atoms with E-state index in [1.807, 2.05) is 0 Å². The van der Waals surface area contributed by atoms with Crippen LogP contribution in [0.2, 0.25) is 0 Å². The zero-order chi connectivity index (χ0) is 20.4. The molecule has 0 radical (unpaired) electrons. The Morgan fingerprint density at radius 2 is 1.59 bits per heavy atom. The Balaban J connectivity index is 2.73. The van der Waals surface area contributed by atoms with Crippen molar-refractivity contribution in [3.05, 3.63) is 29.8 Å². The lowest BCUT2D eigenvalue weighted by atomic mass is 10.0. The quantitative estimate of drug-likeness (QED) is 0.223. The molecule has 0 fully saturated rings. The Morgan fingerprint density at radius 3 is 2.15 bits per heavy atom. The summed E-state index contributed by atoms with van der Waals surface area (Å²) in [6.45, 7) is -1.69. The van der Waals surface area contributed by atoms with Crippen LogP contribution in [0.25, 0.3) is 0 Å². The number of phenolic OH excluding ortho intramolecular Hbond substituents is 1. The Labute approximate surface area is 154 Å². The second-order valence-corrected chi connectivity index (χ2v) is 5.61. The highest BCUT2D eigenvalue weighted by Crippen LogP contribution is 2.11. The Bertz CT molecular complexity index is 678. The number of aliphatic hydroxyl groups is 1. The van der Waals surface area contributed by atoms with Crippen LogP contribution in [0.3, 0.4) is 0 Å². The Kier molecular flexibility index (Phi) is 8.69. The first kappa shape index (κ1) is 21.9. The number of benzene rings is 1. The van der Waals surface area contributed by atoms with Gasteiger partial charge in [-0.15, -0.1) is 0 Å². The number of carboxylic acids is 1. The van der Waals surface area contributed by atoms with E-state index in [1.165, 1.54) is 12.1 Å². The van der Waals surface area contributed by atoms with Crippen molar-refractivity contribution in [3.63, 3.8) is 0 Å². The van der Waals surface area contributed by atoms with Gasteiger partial charge in [-0.3, -0.25) is 19.2 Å². The molecule has 0 aliphatic heterocycles. The highest BCUT2D eigenvalue weighted by Gasteiger charge is 2.22. The zero-order valence-electron chi connectivity index (χ0n) is 14.3. The molecule has 8 N–H and O–H groups in total. The molecule has 0 aliphatic carbocycles. The maximum absolute atomic E-state index is 12.2. The normalized spacial score (nSPS) is 12.5. The average molecular weight is 382 g/mol. The van der Waals surface area contributed by atoms with E-state index in [4.69, 9.17) is 15.9 Å². The zero-order valence-corrected chi connectivity index (χ0v) is 14.3. The molecule has 27 heavy (non-hydrogen) atoms. The van der Waals surface area contributed by atoms with Gasteiger partial charge in [0.15, 0.2) is 0 Å². The number of rotatable bonds is 10. The largest absolute Gasteiger partial charge is 0.508 e. The average Bonchev–Trinajstić information content (AvgIpc) is 2.64. The lowest BCUT2D eigenvalue weighted by molar-refractivity contribution is -0.138. The van der Waals surface area contributed by atoms with Crippen molar-refractivity contribution < 1.29 is 34.5 Å². The van der Waals surface area contributed by atoms with Crippen LogP contribution in [0.4, 0.5) is 0 Å². The summed E-state index contributed by atoms with van der Waals surface area (Å²) < 4.78 is 0. The van der Waals surface area contributed by atoms with Gasteiger partial charge >= 0.3 is 5.97 Å². The predicted molar refractivity (Wildman–Crippen MR) is 92.5 cm³/mol. The van der Waals surface area contributed by atoms with E-state index in [2.05, 4.69) is 16.0 Å². The number of nitrogens with one attached hydrogen (secondary N) is 3. The van der Waals surface area contributed by atoms with Gasteiger partial charge in [0.2, 0.25) is 17.7 Å². The van der Waals surface area contributed by atoms with E-state index in [-0.39, 0.29) is 12.2 Å². The van der Waals surface area contributed by atoms with Crippen LogP contribution < -0.4 is 21.7 Å². The first-order valence-corrected chi connectivity index (χ1v) is 7.93. The third-order valence-electron chi connectivity index (χ3n) is 3.40. The molecule has 0 saturated carbocycles. The monoisotopic (exact) mass is 382 g/mol. The van der Waals surface area contributed by atoms with Gasteiger partial charge < -0.3 is 37.0 Å². The third-order valence-corrected chi connectivity index (χ3v) is 3.40. The van der Waals surface area contributed by atoms with Gasteiger partial charge in [0.25, 0.3) is 0 Å². The third kappa shape index (κ3) is 8.16. The van der Waals surface area contributed by atoms with E-state index in [9.17, 15) is 24.3 Å². The fourth-order valence-electron chi connectivity index (χ4n) is 1.99. The highest BCUT2D eigenvalue weighted by molar-refractivity contribution is 5.92. The number of hydrogen-bond acceptors (Lipinski definition) is 7. The van der Waals surface area contributed by atoms with Gasteiger partial charge in [-0.25, -0.2) is 0 Å². The summed E-state index contributed by atoms with van der Waals surface area (Å²) in [6.07, 6.45) is 0.0293. The Morgan fingerprint density at radius 1 is 1.00 bits per heavy atom. The van der Waals surface area contributed by atoms with E-state index >= 15 is 0 Å². The summed E-state index contributed by atoms with van der Waals surface area (Å²) in [5.41, 5.74) is 5.91. The van der Waals surface area contributed by atoms with Crippen molar-refractivity contribution >= 4 is 23.7 Å². The highest BCUT2D eigenvalue weighted by atomic mass is 16.4. The van der Waals surface area contributed by atoms with Crippen molar-refractivity contribution in [1.82, 2.24) is 16.0 Å². The van der Waals surface area contributed by atoms with Gasteiger partial charge in [0, 0.05) is 6.42 Å². The second-order valence-electron chi connectivity index (χ2n) is 5.61. The molecule has 148 valence electrons. The number of aliphatic carboxylic acids is 1. The molecule has 0 aliphatic rings. The number of aliphatic hydroxyl groups excluding tert-OH is 1. The molecule has 2 unspecified atom stereocenters. The van der Waals surface area contributed by atoms with Crippen molar-refractivity contribution in [2.24, 2.45) is 5.73 Å². The second kappa shape index (κ2) is 10.7. The molecule has 0 saturated heterocycles. The smallest absolute Gasteiger partial charge is 0.322 e. The summed E-state index contributed by atoms with van der Waals surface area (Å²) in [7, 11) is 0. The van der Waals surface area contributed by atoms with Crippen LogP contribution in [0.1, 0.15) is 5.56 Å². The number of aromatic hydroxyl groups is 1. The summed E-state index contributed by atoms with van der Waals surface area (Å²) in [4.78, 5) is 46.2. The van der Waals surface area contributed by atoms with Gasteiger partial charge in [-0.1, -0.05) is 12.1 Å². The molecule has 2 atom stereocenters. The molecule has 11 nitrogen and oxygen atoms in total. The molecular formula is C16H22N4O7. The molecule has 11 heteroatoms. The van der Waals surface area contributed by atoms with Crippen molar-refractivity contribution in [3.8, 4) is 5.75 Å². The standard InChI is InChI=1S/C16H22N4O7/c17-11(8-21)15(26)18-6-13(23)20-12(16(27)19-7-14(24)25)5-9-1-3-10(22)4-2-9/h1-4,11-12,21-22H,5-8,17H2,(H,18,26)(H,19,27)(H,20,23)(H,24,25). The summed E-state index contributed by atoms with van der Waals surface area (Å²) in [6, 6.07) is 3.61. The van der Waals surface area contributed by atoms with Crippen molar-refractivity contribution in [2.45, 2.75) is 18.5 Å². The number of amides is 3. The Hall–Kier alpha value is -3.18. The van der Waals surface area contributed by atoms with Gasteiger partial charge in [0.05, 0.1) is 13.2 Å². The topological polar surface area (TPSA) is 191 Å². The van der Waals surface area contributed by atoms with Crippen molar-refractivity contribution in [2.75, 3.05) is 19.7 Å². The first-order valence-electron chi connectivity index (χ1n) is 7.93. The van der Waals surface area contributed by atoms with Crippen LogP contribution in [-0.2, 0) is 25.6 Å². The lowest BCUT2D eigenvalue weighted by Gasteiger charge is -2.19. The van der Waals surface area contributed by atoms with Gasteiger partial charge in [0.1, 0.15) is 24.4 Å². The minimum absolute atomic E-state index is 0.0256. The van der Waals surface area contributed by atoms with E-state index < -0.39 is 55.5 Å². The van der Waals surface area contributed by atoms with Crippen LogP contribution in [0.5, 0.6) is 5.75 Å². The number of carbonyl (C=O) groups excluding carboxylic acids is 3. The molecule has 0 heterocycles. The molecule has 0 spiro atoms. The van der Waals surface area contributed by atoms with E-state index in [1.54, 1.807) is 12.1 Å². The van der Waals surface area contributed by atoms with E-state index in [0.29, 0.717) is 5.56 Å². The number of hydrogen-bond donors (Lipinski definition) is 7. The van der Waals surface area contributed by atoms with Gasteiger partial charge in [-0.2, -0.15) is 0 Å². The summed E-state index contributed by atoms with van der Waals surface area (Å²) in [5.74, 6) is -3.39. The summed E-state index contributed by atoms with van der Waals surface area (Å²) >= 11 is 0. The number of carboxylic acid groups (broad SMARTS) is 1. The predicted octanol–water partition coefficient (Wildman–Crippen LogP) is -2.94. The fraction of sp³-hybridized carbons (Fsp3) is 0.375. The first-order chi connectivity index (χ1) is 12.7. The molecule has 1 aromatic rings. The van der Waals surface area contributed by atoms with Crippen LogP contribution in [-0.4, -0.2) is 70.8 Å². The minimum Gasteiger partial charge on any atom is -0.508 e. The lowest BCUT2D eigenvalue weighted by Crippen LogP contribution is -2.52. The van der Waals surface area contributed by atoms with Gasteiger partial charge in [-0.05, 0) is 17.7 Å².